The molecule has 3 aromatic carbocycles. The fourth-order valence-corrected chi connectivity index (χ4v) is 3.03. The number of carbonyl (C=O) groups is 1. The largest absolute Gasteiger partial charge is 0.319 e. The van der Waals surface area contributed by atoms with Crippen molar-refractivity contribution in [2.45, 2.75) is 0 Å². The third-order valence-electron chi connectivity index (χ3n) is 4.44. The number of nitro groups is 1. The summed E-state index contributed by atoms with van der Waals surface area (Å²) in [5.41, 5.74) is 1.75. The molecule has 0 unspecified atom stereocenters. The monoisotopic (exact) mass is 387 g/mol. The number of benzene rings is 3. The van der Waals surface area contributed by atoms with E-state index in [9.17, 15) is 19.3 Å². The van der Waals surface area contributed by atoms with Gasteiger partial charge in [-0.05, 0) is 18.2 Å². The molecule has 0 spiro atoms. The van der Waals surface area contributed by atoms with Crippen LogP contribution in [0.4, 0.5) is 15.8 Å². The molecule has 1 amide bonds. The van der Waals surface area contributed by atoms with Crippen molar-refractivity contribution in [1.29, 1.82) is 0 Å². The first-order valence-corrected chi connectivity index (χ1v) is 8.73. The molecule has 0 fully saturated rings. The zero-order valence-electron chi connectivity index (χ0n) is 15.0. The van der Waals surface area contributed by atoms with Gasteiger partial charge in [-0.15, -0.1) is 0 Å². The highest BCUT2D eigenvalue weighted by Gasteiger charge is 2.17. The number of pyridine rings is 1. The highest BCUT2D eigenvalue weighted by atomic mass is 19.1. The summed E-state index contributed by atoms with van der Waals surface area (Å²) < 4.78 is 14.1. The molecule has 142 valence electrons. The number of hydrogen-bond acceptors (Lipinski definition) is 4. The second-order valence-corrected chi connectivity index (χ2v) is 6.31. The van der Waals surface area contributed by atoms with Gasteiger partial charge in [-0.3, -0.25) is 14.9 Å². The van der Waals surface area contributed by atoms with Crippen molar-refractivity contribution in [1.82, 2.24) is 4.98 Å². The lowest BCUT2D eigenvalue weighted by molar-refractivity contribution is -0.384. The molecule has 0 radical (unpaired) electrons. The van der Waals surface area contributed by atoms with Gasteiger partial charge in [0.05, 0.1) is 27.4 Å². The van der Waals surface area contributed by atoms with E-state index in [0.29, 0.717) is 22.2 Å². The van der Waals surface area contributed by atoms with E-state index in [4.69, 9.17) is 0 Å². The molecule has 6 nitrogen and oxygen atoms in total. The SMILES string of the molecule is O=C(Nc1cc([N+](=O)[O-])ccc1F)c1cc(-c2ccccc2)nc2ccccc12. The minimum Gasteiger partial charge on any atom is -0.319 e. The van der Waals surface area contributed by atoms with Gasteiger partial charge in [-0.2, -0.15) is 0 Å². The molecule has 1 aromatic heterocycles. The van der Waals surface area contributed by atoms with Crippen LogP contribution in [0.2, 0.25) is 0 Å². The van der Waals surface area contributed by atoms with Gasteiger partial charge in [0, 0.05) is 23.1 Å². The van der Waals surface area contributed by atoms with Crippen molar-refractivity contribution in [3.05, 3.63) is 100 Å². The molecule has 1 N–H and O–H groups in total. The molecule has 29 heavy (non-hydrogen) atoms. The van der Waals surface area contributed by atoms with Gasteiger partial charge in [0.25, 0.3) is 11.6 Å². The van der Waals surface area contributed by atoms with Gasteiger partial charge in [-0.25, -0.2) is 9.37 Å². The van der Waals surface area contributed by atoms with Crippen LogP contribution in [0.5, 0.6) is 0 Å². The number of anilines is 1. The van der Waals surface area contributed by atoms with Crippen LogP contribution < -0.4 is 5.32 Å². The summed E-state index contributed by atoms with van der Waals surface area (Å²) in [4.78, 5) is 27.9. The van der Waals surface area contributed by atoms with Crippen LogP contribution in [0.1, 0.15) is 10.4 Å². The molecule has 0 aliphatic heterocycles. The average molecular weight is 387 g/mol. The summed E-state index contributed by atoms with van der Waals surface area (Å²) in [7, 11) is 0. The molecule has 0 bridgehead atoms. The number of para-hydroxylation sites is 1. The van der Waals surface area contributed by atoms with Crippen molar-refractivity contribution in [2.75, 3.05) is 5.32 Å². The molecular weight excluding hydrogens is 373 g/mol. The molecule has 0 aliphatic rings. The van der Waals surface area contributed by atoms with Crippen molar-refractivity contribution in [3.8, 4) is 11.3 Å². The Morgan fingerprint density at radius 2 is 1.69 bits per heavy atom. The second-order valence-electron chi connectivity index (χ2n) is 6.31. The van der Waals surface area contributed by atoms with E-state index in [1.807, 2.05) is 36.4 Å². The first-order chi connectivity index (χ1) is 14.0. The van der Waals surface area contributed by atoms with Crippen LogP contribution in [0.3, 0.4) is 0 Å². The highest BCUT2D eigenvalue weighted by molar-refractivity contribution is 6.13. The molecule has 0 saturated carbocycles. The third kappa shape index (κ3) is 3.66. The number of non-ortho nitro benzene ring substituents is 1. The number of rotatable bonds is 4. The predicted octanol–water partition coefficient (Wildman–Crippen LogP) is 5.20. The van der Waals surface area contributed by atoms with Gasteiger partial charge in [0.2, 0.25) is 0 Å². The minimum absolute atomic E-state index is 0.258. The summed E-state index contributed by atoms with van der Waals surface area (Å²) in [6.07, 6.45) is 0. The first kappa shape index (κ1) is 18.2. The van der Waals surface area contributed by atoms with E-state index in [-0.39, 0.29) is 11.4 Å². The fourth-order valence-electron chi connectivity index (χ4n) is 3.03. The van der Waals surface area contributed by atoms with Crippen LogP contribution >= 0.6 is 0 Å². The summed E-state index contributed by atoms with van der Waals surface area (Å²) in [6.45, 7) is 0. The van der Waals surface area contributed by atoms with Crippen LogP contribution in [0.25, 0.3) is 22.2 Å². The number of aromatic nitrogens is 1. The Labute approximate surface area is 164 Å². The Balaban J connectivity index is 1.80. The number of hydrogen-bond donors (Lipinski definition) is 1. The minimum atomic E-state index is -0.759. The number of fused-ring (bicyclic) bond motifs is 1. The molecular formula is C22H14FN3O3. The van der Waals surface area contributed by atoms with Crippen LogP contribution in [-0.2, 0) is 0 Å². The molecule has 0 atom stereocenters. The summed E-state index contributed by atoms with van der Waals surface area (Å²) in [5, 5.41) is 14.0. The van der Waals surface area contributed by atoms with Crippen LogP contribution in [-0.4, -0.2) is 15.8 Å². The van der Waals surface area contributed by atoms with E-state index >= 15 is 0 Å². The van der Waals surface area contributed by atoms with Gasteiger partial charge >= 0.3 is 0 Å². The standard InChI is InChI=1S/C22H14FN3O3/c23-18-11-10-15(26(28)29)12-21(18)25-22(27)17-13-20(14-6-2-1-3-7-14)24-19-9-5-4-8-16(17)19/h1-13H,(H,25,27). The first-order valence-electron chi connectivity index (χ1n) is 8.73. The van der Waals surface area contributed by atoms with Crippen molar-refractivity contribution in [3.63, 3.8) is 0 Å². The van der Waals surface area contributed by atoms with Crippen molar-refractivity contribution >= 4 is 28.2 Å². The van der Waals surface area contributed by atoms with E-state index in [1.54, 1.807) is 24.3 Å². The maximum absolute atomic E-state index is 14.1. The van der Waals surface area contributed by atoms with Crippen LogP contribution in [0, 0.1) is 15.9 Å². The van der Waals surface area contributed by atoms with E-state index in [1.165, 1.54) is 0 Å². The Morgan fingerprint density at radius 3 is 2.45 bits per heavy atom. The summed E-state index contributed by atoms with van der Waals surface area (Å²) in [6, 6.07) is 21.1. The Bertz CT molecular complexity index is 1240. The van der Waals surface area contributed by atoms with Gasteiger partial charge in [-0.1, -0.05) is 48.5 Å². The lowest BCUT2D eigenvalue weighted by Crippen LogP contribution is -2.14. The van der Waals surface area contributed by atoms with Crippen molar-refractivity contribution < 1.29 is 14.1 Å². The number of halogens is 1. The second kappa shape index (κ2) is 7.47. The fraction of sp³-hybridized carbons (Fsp3) is 0. The topological polar surface area (TPSA) is 85.1 Å². The van der Waals surface area contributed by atoms with Crippen molar-refractivity contribution in [2.24, 2.45) is 0 Å². The number of nitro benzene ring substituents is 1. The zero-order valence-corrected chi connectivity index (χ0v) is 15.0. The molecule has 4 aromatic rings. The average Bonchev–Trinajstić information content (AvgIpc) is 2.75. The van der Waals surface area contributed by atoms with E-state index < -0.39 is 16.6 Å². The third-order valence-corrected chi connectivity index (χ3v) is 4.44. The number of amides is 1. The van der Waals surface area contributed by atoms with E-state index in [0.717, 1.165) is 23.8 Å². The summed E-state index contributed by atoms with van der Waals surface area (Å²) in [5.74, 6) is -1.34. The molecule has 1 heterocycles. The Kier molecular flexibility index (Phi) is 4.70. The lowest BCUT2D eigenvalue weighted by atomic mass is 10.0. The predicted molar refractivity (Wildman–Crippen MR) is 108 cm³/mol. The Morgan fingerprint density at radius 1 is 0.966 bits per heavy atom. The maximum Gasteiger partial charge on any atom is 0.271 e. The molecule has 0 aliphatic carbocycles. The maximum atomic E-state index is 14.1. The molecule has 7 heteroatoms. The van der Waals surface area contributed by atoms with Gasteiger partial charge in [0.1, 0.15) is 5.82 Å². The van der Waals surface area contributed by atoms with Gasteiger partial charge < -0.3 is 5.32 Å². The Hall–Kier alpha value is -4.13. The highest BCUT2D eigenvalue weighted by Crippen LogP contribution is 2.27. The van der Waals surface area contributed by atoms with E-state index in [2.05, 4.69) is 10.3 Å². The molecule has 4 rings (SSSR count). The molecule has 0 saturated heterocycles. The normalized spacial score (nSPS) is 10.7. The summed E-state index contributed by atoms with van der Waals surface area (Å²) >= 11 is 0. The van der Waals surface area contributed by atoms with Gasteiger partial charge in [0.15, 0.2) is 0 Å². The lowest BCUT2D eigenvalue weighted by Gasteiger charge is -2.11. The van der Waals surface area contributed by atoms with Crippen LogP contribution in [0.15, 0.2) is 78.9 Å². The quantitative estimate of drug-likeness (QED) is 0.385. The zero-order chi connectivity index (χ0) is 20.4. The number of nitrogens with zero attached hydrogens (tertiary/aromatic N) is 2. The smallest absolute Gasteiger partial charge is 0.271 e. The number of nitrogens with one attached hydrogen (secondary N) is 1. The number of carbonyl (C=O) groups excluding carboxylic acids is 1.